The number of ether oxygens (including phenoxy) is 1. The number of esters is 1. The van der Waals surface area contributed by atoms with Gasteiger partial charge in [0.15, 0.2) is 0 Å². The molecule has 0 saturated carbocycles. The van der Waals surface area contributed by atoms with Crippen molar-refractivity contribution in [2.24, 2.45) is 0 Å². The minimum atomic E-state index is -0.182. The Balaban J connectivity index is 0. The number of carbonyl (C=O) groups is 1. The normalized spacial score (nSPS) is 7.78. The van der Waals surface area contributed by atoms with Gasteiger partial charge >= 0.3 is 5.97 Å². The maximum absolute atomic E-state index is 10.1. The van der Waals surface area contributed by atoms with Crippen molar-refractivity contribution in [3.8, 4) is 0 Å². The van der Waals surface area contributed by atoms with E-state index in [1.807, 2.05) is 0 Å². The van der Waals surface area contributed by atoms with Crippen LogP contribution >= 0.6 is 0 Å². The number of carbonyl (C=O) groups excluding carboxylic acids is 1. The largest absolute Gasteiger partial charge is 0.466 e. The van der Waals surface area contributed by atoms with Gasteiger partial charge < -0.3 is 4.74 Å². The topological polar surface area (TPSA) is 26.3 Å². The maximum Gasteiger partial charge on any atom is 0.302 e. The smallest absolute Gasteiger partial charge is 0.302 e. The van der Waals surface area contributed by atoms with E-state index in [0.29, 0.717) is 6.61 Å². The molecule has 0 aromatic heterocycles. The Kier molecular flexibility index (Phi) is 9.80. The van der Waals surface area contributed by atoms with Gasteiger partial charge in [-0.2, -0.15) is 0 Å². The summed E-state index contributed by atoms with van der Waals surface area (Å²) in [6.07, 6.45) is 2.05. The van der Waals surface area contributed by atoms with Crippen molar-refractivity contribution in [2.45, 2.75) is 26.7 Å². The SMILES string of the molecule is CCCCOC(C)=O.[SiH4]. The fourth-order valence-electron chi connectivity index (χ4n) is 0.360. The van der Waals surface area contributed by atoms with Gasteiger partial charge in [0, 0.05) is 6.92 Å². The molecule has 0 amide bonds. The summed E-state index contributed by atoms with van der Waals surface area (Å²) in [5, 5.41) is 0. The Hall–Kier alpha value is -0.313. The van der Waals surface area contributed by atoms with Crippen LogP contribution in [0.15, 0.2) is 0 Å². The molecule has 0 radical (unpaired) electrons. The van der Waals surface area contributed by atoms with Crippen molar-refractivity contribution in [3.05, 3.63) is 0 Å². The summed E-state index contributed by atoms with van der Waals surface area (Å²) in [4.78, 5) is 10.1. The molecule has 0 aromatic rings. The molecule has 0 spiro atoms. The number of rotatable bonds is 3. The second-order valence-electron chi connectivity index (χ2n) is 1.69. The van der Waals surface area contributed by atoms with Gasteiger partial charge in [0.05, 0.1) is 6.61 Å². The van der Waals surface area contributed by atoms with Gasteiger partial charge in [0.2, 0.25) is 0 Å². The van der Waals surface area contributed by atoms with Crippen LogP contribution in [0.2, 0.25) is 0 Å². The first-order valence-electron chi connectivity index (χ1n) is 2.90. The molecular formula is C6H16O2Si. The van der Waals surface area contributed by atoms with E-state index in [0.717, 1.165) is 12.8 Å². The van der Waals surface area contributed by atoms with Crippen molar-refractivity contribution >= 4 is 16.9 Å². The Morgan fingerprint density at radius 2 is 2.11 bits per heavy atom. The summed E-state index contributed by atoms with van der Waals surface area (Å²) in [5.41, 5.74) is 0. The van der Waals surface area contributed by atoms with Gasteiger partial charge in [-0.1, -0.05) is 13.3 Å². The van der Waals surface area contributed by atoms with Crippen LogP contribution in [0.3, 0.4) is 0 Å². The molecule has 0 aliphatic heterocycles. The minimum absolute atomic E-state index is 0. The van der Waals surface area contributed by atoms with E-state index >= 15 is 0 Å². The van der Waals surface area contributed by atoms with Crippen molar-refractivity contribution in [3.63, 3.8) is 0 Å². The lowest BCUT2D eigenvalue weighted by Crippen LogP contribution is -1.99. The van der Waals surface area contributed by atoms with Crippen LogP contribution in [-0.4, -0.2) is 23.5 Å². The second kappa shape index (κ2) is 7.69. The standard InChI is InChI=1S/C6H12O2.H4Si/c1-3-4-5-8-6(2)7;/h3-5H2,1-2H3;1H4. The molecule has 0 fully saturated rings. The zero-order valence-electron chi connectivity index (χ0n) is 5.44. The summed E-state index contributed by atoms with van der Waals surface area (Å²) in [5.74, 6) is -0.182. The summed E-state index contributed by atoms with van der Waals surface area (Å²) >= 11 is 0. The molecule has 0 heterocycles. The number of unbranched alkanes of at least 4 members (excludes halogenated alkanes) is 1. The molecule has 0 rings (SSSR count). The molecule has 3 heteroatoms. The predicted octanol–water partition coefficient (Wildman–Crippen LogP) is -0.102. The van der Waals surface area contributed by atoms with Crippen LogP contribution in [0.1, 0.15) is 26.7 Å². The molecule has 56 valence electrons. The molecule has 2 nitrogen and oxygen atoms in total. The van der Waals surface area contributed by atoms with Crippen molar-refractivity contribution in [1.29, 1.82) is 0 Å². The predicted molar refractivity (Wildman–Crippen MR) is 42.9 cm³/mol. The van der Waals surface area contributed by atoms with Crippen molar-refractivity contribution < 1.29 is 9.53 Å². The summed E-state index contributed by atoms with van der Waals surface area (Å²) in [6, 6.07) is 0. The summed E-state index contributed by atoms with van der Waals surface area (Å²) < 4.78 is 4.64. The Morgan fingerprint density at radius 3 is 2.44 bits per heavy atom. The molecule has 0 aliphatic carbocycles. The molecule has 0 unspecified atom stereocenters. The molecule has 9 heavy (non-hydrogen) atoms. The van der Waals surface area contributed by atoms with E-state index in [1.165, 1.54) is 6.92 Å². The maximum atomic E-state index is 10.1. The van der Waals surface area contributed by atoms with Gasteiger partial charge in [-0.25, -0.2) is 0 Å². The quantitative estimate of drug-likeness (QED) is 0.317. The molecule has 0 N–H and O–H groups in total. The highest BCUT2D eigenvalue weighted by atomic mass is 28.1. The van der Waals surface area contributed by atoms with Crippen LogP contribution in [0, 0.1) is 0 Å². The van der Waals surface area contributed by atoms with E-state index < -0.39 is 0 Å². The molecule has 0 aliphatic rings. The van der Waals surface area contributed by atoms with Crippen LogP contribution < -0.4 is 0 Å². The lowest BCUT2D eigenvalue weighted by Gasteiger charge is -1.96. The van der Waals surface area contributed by atoms with E-state index in [4.69, 9.17) is 0 Å². The third-order valence-electron chi connectivity index (χ3n) is 0.803. The average molecular weight is 148 g/mol. The van der Waals surface area contributed by atoms with Crippen molar-refractivity contribution in [1.82, 2.24) is 0 Å². The van der Waals surface area contributed by atoms with Gasteiger partial charge in [-0.3, -0.25) is 4.79 Å². The number of hydrogen-bond donors (Lipinski definition) is 0. The van der Waals surface area contributed by atoms with E-state index in [1.54, 1.807) is 0 Å². The van der Waals surface area contributed by atoms with Crippen LogP contribution in [0.4, 0.5) is 0 Å². The first-order chi connectivity index (χ1) is 3.77. The molecule has 0 saturated heterocycles. The highest BCUT2D eigenvalue weighted by molar-refractivity contribution is 5.75. The van der Waals surface area contributed by atoms with Crippen LogP contribution in [0.25, 0.3) is 0 Å². The van der Waals surface area contributed by atoms with E-state index in [9.17, 15) is 4.79 Å². The summed E-state index contributed by atoms with van der Waals surface area (Å²) in [6.45, 7) is 4.06. The monoisotopic (exact) mass is 148 g/mol. The molecule has 0 atom stereocenters. The molecule has 0 aromatic carbocycles. The highest BCUT2D eigenvalue weighted by Gasteiger charge is 1.88. The van der Waals surface area contributed by atoms with Gasteiger partial charge in [0.1, 0.15) is 0 Å². The fraction of sp³-hybridized carbons (Fsp3) is 0.833. The van der Waals surface area contributed by atoms with Crippen LogP contribution in [0.5, 0.6) is 0 Å². The van der Waals surface area contributed by atoms with Gasteiger partial charge in [0.25, 0.3) is 0 Å². The Labute approximate surface area is 60.6 Å². The molecule has 0 bridgehead atoms. The zero-order valence-corrected chi connectivity index (χ0v) is 5.44. The molecular weight excluding hydrogens is 132 g/mol. The fourth-order valence-corrected chi connectivity index (χ4v) is 0.360. The number of hydrogen-bond acceptors (Lipinski definition) is 2. The van der Waals surface area contributed by atoms with Crippen LogP contribution in [-0.2, 0) is 9.53 Å². The van der Waals surface area contributed by atoms with E-state index in [-0.39, 0.29) is 16.9 Å². The third kappa shape index (κ3) is 11.3. The lowest BCUT2D eigenvalue weighted by molar-refractivity contribution is -0.141. The average Bonchev–Trinajstić information content (AvgIpc) is 1.66. The minimum Gasteiger partial charge on any atom is -0.466 e. The van der Waals surface area contributed by atoms with E-state index in [2.05, 4.69) is 11.7 Å². The third-order valence-corrected chi connectivity index (χ3v) is 0.803. The lowest BCUT2D eigenvalue weighted by atomic mass is 10.4. The summed E-state index contributed by atoms with van der Waals surface area (Å²) in [7, 11) is 0. The van der Waals surface area contributed by atoms with Gasteiger partial charge in [-0.05, 0) is 17.4 Å². The Morgan fingerprint density at radius 1 is 1.56 bits per heavy atom. The highest BCUT2D eigenvalue weighted by Crippen LogP contribution is 1.86. The first kappa shape index (κ1) is 11.5. The first-order valence-corrected chi connectivity index (χ1v) is 2.90. The van der Waals surface area contributed by atoms with Gasteiger partial charge in [-0.15, -0.1) is 0 Å². The van der Waals surface area contributed by atoms with Crippen molar-refractivity contribution in [2.75, 3.05) is 6.61 Å². The Bertz CT molecular complexity index is 73.5. The second-order valence-corrected chi connectivity index (χ2v) is 1.69. The zero-order chi connectivity index (χ0) is 6.41.